The maximum atomic E-state index is 2.57. The average Bonchev–Trinajstić information content (AvgIpc) is 2.53. The average molecular weight is 275 g/mol. The lowest BCUT2D eigenvalue weighted by Crippen LogP contribution is -2.38. The highest BCUT2D eigenvalue weighted by molar-refractivity contribution is 5.37. The number of hydrogen-bond donors (Lipinski definition) is 0. The third-order valence-corrected chi connectivity index (χ3v) is 4.59. The predicted molar refractivity (Wildman–Crippen MR) is 90.9 cm³/mol. The molecule has 0 N–H and O–H groups in total. The highest BCUT2D eigenvalue weighted by Crippen LogP contribution is 2.37. The molecule has 114 valence electrons. The molecule has 0 saturated heterocycles. The van der Waals surface area contributed by atoms with Crippen LogP contribution in [0.1, 0.15) is 53.9 Å². The normalized spacial score (nSPS) is 32.5. The fourth-order valence-corrected chi connectivity index (χ4v) is 3.60. The zero-order valence-electron chi connectivity index (χ0n) is 14.3. The first-order valence-electron chi connectivity index (χ1n) is 8.23. The van der Waals surface area contributed by atoms with Gasteiger partial charge in [-0.1, -0.05) is 45.1 Å². The summed E-state index contributed by atoms with van der Waals surface area (Å²) >= 11 is 0. The van der Waals surface area contributed by atoms with E-state index in [0.29, 0.717) is 12.0 Å². The molecule has 0 spiro atoms. The standard InChI is InChI=1S/C19H33N/c1-7-10-11-17-13-15(4)14-19(20(6)12-8-2)16(5)18(17)9-3/h7,9-11,15-16,19H,8,12-14H2,1-6H3/b10-7-,17-11-,18-9-. The molecule has 0 aromatic carbocycles. The summed E-state index contributed by atoms with van der Waals surface area (Å²) in [6.07, 6.45) is 12.7. The lowest BCUT2D eigenvalue weighted by molar-refractivity contribution is 0.178. The van der Waals surface area contributed by atoms with Gasteiger partial charge in [-0.25, -0.2) is 0 Å². The molecule has 1 aliphatic rings. The van der Waals surface area contributed by atoms with Crippen LogP contribution in [-0.2, 0) is 0 Å². The van der Waals surface area contributed by atoms with Gasteiger partial charge in [0.2, 0.25) is 0 Å². The van der Waals surface area contributed by atoms with Gasteiger partial charge in [0.25, 0.3) is 0 Å². The van der Waals surface area contributed by atoms with E-state index < -0.39 is 0 Å². The smallest absolute Gasteiger partial charge is 0.0161 e. The monoisotopic (exact) mass is 275 g/mol. The first-order chi connectivity index (χ1) is 9.54. The molecule has 1 fully saturated rings. The van der Waals surface area contributed by atoms with E-state index in [1.165, 1.54) is 31.4 Å². The van der Waals surface area contributed by atoms with Crippen LogP contribution in [0.4, 0.5) is 0 Å². The minimum atomic E-state index is 0.623. The van der Waals surface area contributed by atoms with Gasteiger partial charge in [0.15, 0.2) is 0 Å². The second-order valence-electron chi connectivity index (χ2n) is 6.34. The molecule has 20 heavy (non-hydrogen) atoms. The Labute approximate surface area is 126 Å². The number of rotatable bonds is 4. The fraction of sp³-hybridized carbons (Fsp3) is 0.684. The van der Waals surface area contributed by atoms with Crippen LogP contribution in [-0.4, -0.2) is 24.5 Å². The number of allylic oxidation sites excluding steroid dienone is 5. The minimum Gasteiger partial charge on any atom is -0.303 e. The molecular formula is C19H33N. The van der Waals surface area contributed by atoms with E-state index in [9.17, 15) is 0 Å². The largest absolute Gasteiger partial charge is 0.303 e. The van der Waals surface area contributed by atoms with E-state index in [1.54, 1.807) is 5.57 Å². The summed E-state index contributed by atoms with van der Waals surface area (Å²) in [6, 6.07) is 0.674. The summed E-state index contributed by atoms with van der Waals surface area (Å²) in [4.78, 5) is 2.57. The molecule has 0 amide bonds. The maximum absolute atomic E-state index is 2.57. The Morgan fingerprint density at radius 2 is 1.95 bits per heavy atom. The number of hydrogen-bond acceptors (Lipinski definition) is 1. The van der Waals surface area contributed by atoms with Crippen LogP contribution in [0.5, 0.6) is 0 Å². The molecule has 0 aromatic rings. The summed E-state index contributed by atoms with van der Waals surface area (Å²) in [6.45, 7) is 12.6. The Morgan fingerprint density at radius 3 is 2.50 bits per heavy atom. The second-order valence-corrected chi connectivity index (χ2v) is 6.34. The summed E-state index contributed by atoms with van der Waals surface area (Å²) in [5.74, 6) is 1.38. The quantitative estimate of drug-likeness (QED) is 0.636. The van der Waals surface area contributed by atoms with Crippen molar-refractivity contribution in [3.8, 4) is 0 Å². The summed E-state index contributed by atoms with van der Waals surface area (Å²) in [5, 5.41) is 0. The summed E-state index contributed by atoms with van der Waals surface area (Å²) < 4.78 is 0. The maximum Gasteiger partial charge on any atom is 0.0161 e. The Bertz CT molecular complexity index is 375. The molecule has 0 aromatic heterocycles. The van der Waals surface area contributed by atoms with Crippen molar-refractivity contribution in [3.63, 3.8) is 0 Å². The van der Waals surface area contributed by atoms with Crippen LogP contribution in [0.2, 0.25) is 0 Å². The van der Waals surface area contributed by atoms with Crippen LogP contribution in [0.25, 0.3) is 0 Å². The van der Waals surface area contributed by atoms with Gasteiger partial charge < -0.3 is 4.90 Å². The highest BCUT2D eigenvalue weighted by atomic mass is 15.1. The molecule has 0 bridgehead atoms. The third-order valence-electron chi connectivity index (χ3n) is 4.59. The zero-order chi connectivity index (χ0) is 15.1. The van der Waals surface area contributed by atoms with Gasteiger partial charge in [-0.3, -0.25) is 0 Å². The van der Waals surface area contributed by atoms with Crippen LogP contribution in [0.3, 0.4) is 0 Å². The molecule has 1 heteroatoms. The van der Waals surface area contributed by atoms with Crippen LogP contribution in [0.15, 0.2) is 35.5 Å². The Morgan fingerprint density at radius 1 is 1.25 bits per heavy atom. The molecule has 1 aliphatic carbocycles. The fourth-order valence-electron chi connectivity index (χ4n) is 3.60. The van der Waals surface area contributed by atoms with Crippen molar-refractivity contribution < 1.29 is 0 Å². The molecule has 1 saturated carbocycles. The molecule has 3 atom stereocenters. The molecule has 0 radical (unpaired) electrons. The minimum absolute atomic E-state index is 0.623. The van der Waals surface area contributed by atoms with Crippen molar-refractivity contribution in [1.82, 2.24) is 4.90 Å². The Balaban J connectivity index is 3.06. The van der Waals surface area contributed by atoms with Gasteiger partial charge in [-0.2, -0.15) is 0 Å². The van der Waals surface area contributed by atoms with E-state index in [4.69, 9.17) is 0 Å². The topological polar surface area (TPSA) is 3.24 Å². The molecule has 3 unspecified atom stereocenters. The SMILES string of the molecule is C\C=C/C=C1/CC(C)CC(N(C)CCC)C(C)/C1=C/C. The lowest BCUT2D eigenvalue weighted by Gasteiger charge is -2.33. The summed E-state index contributed by atoms with van der Waals surface area (Å²) in [5.41, 5.74) is 3.10. The zero-order valence-corrected chi connectivity index (χ0v) is 14.3. The van der Waals surface area contributed by atoms with Crippen molar-refractivity contribution in [2.45, 2.75) is 59.9 Å². The van der Waals surface area contributed by atoms with E-state index in [-0.39, 0.29) is 0 Å². The van der Waals surface area contributed by atoms with Crippen LogP contribution < -0.4 is 0 Å². The van der Waals surface area contributed by atoms with Crippen molar-refractivity contribution in [2.24, 2.45) is 11.8 Å². The van der Waals surface area contributed by atoms with E-state index in [1.807, 2.05) is 0 Å². The molecule has 1 nitrogen and oxygen atoms in total. The molecular weight excluding hydrogens is 242 g/mol. The molecule has 0 heterocycles. The second kappa shape index (κ2) is 8.46. The van der Waals surface area contributed by atoms with Gasteiger partial charge in [0.05, 0.1) is 0 Å². The van der Waals surface area contributed by atoms with Gasteiger partial charge in [-0.05, 0) is 69.7 Å². The number of nitrogens with zero attached hydrogens (tertiary/aromatic N) is 1. The van der Waals surface area contributed by atoms with E-state index >= 15 is 0 Å². The Kier molecular flexibility index (Phi) is 7.29. The third kappa shape index (κ3) is 4.34. The van der Waals surface area contributed by atoms with Crippen molar-refractivity contribution in [3.05, 3.63) is 35.5 Å². The van der Waals surface area contributed by atoms with Crippen molar-refractivity contribution in [1.29, 1.82) is 0 Å². The lowest BCUT2D eigenvalue weighted by atomic mass is 9.88. The van der Waals surface area contributed by atoms with Gasteiger partial charge in [0.1, 0.15) is 0 Å². The first-order valence-corrected chi connectivity index (χ1v) is 8.23. The molecule has 0 aliphatic heterocycles. The summed E-state index contributed by atoms with van der Waals surface area (Å²) in [7, 11) is 2.30. The Hall–Kier alpha value is -0.820. The van der Waals surface area contributed by atoms with Crippen molar-refractivity contribution >= 4 is 0 Å². The van der Waals surface area contributed by atoms with Gasteiger partial charge >= 0.3 is 0 Å². The van der Waals surface area contributed by atoms with Crippen LogP contribution in [0, 0.1) is 11.8 Å². The van der Waals surface area contributed by atoms with Crippen molar-refractivity contribution in [2.75, 3.05) is 13.6 Å². The predicted octanol–water partition coefficient (Wildman–Crippen LogP) is 5.21. The van der Waals surface area contributed by atoms with Gasteiger partial charge in [0, 0.05) is 6.04 Å². The van der Waals surface area contributed by atoms with E-state index in [2.05, 4.69) is 70.9 Å². The van der Waals surface area contributed by atoms with Crippen LogP contribution >= 0.6 is 0 Å². The van der Waals surface area contributed by atoms with E-state index in [0.717, 1.165) is 5.92 Å². The first kappa shape index (κ1) is 17.2. The highest BCUT2D eigenvalue weighted by Gasteiger charge is 2.30. The van der Waals surface area contributed by atoms with Gasteiger partial charge in [-0.15, -0.1) is 0 Å². The molecule has 1 rings (SSSR count).